The Kier molecular flexibility index (Phi) is 4.81. The maximum Gasteiger partial charge on any atom is 0.0130 e. The van der Waals surface area contributed by atoms with Crippen molar-refractivity contribution in [3.8, 4) is 0 Å². The van der Waals surface area contributed by atoms with Crippen LogP contribution in [0.2, 0.25) is 0 Å². The molecular formula is C14H30N2. The molecule has 2 heteroatoms. The van der Waals surface area contributed by atoms with E-state index >= 15 is 0 Å². The summed E-state index contributed by atoms with van der Waals surface area (Å²) in [5, 5.41) is 7.22. The van der Waals surface area contributed by atoms with Crippen LogP contribution < -0.4 is 10.6 Å². The predicted molar refractivity (Wildman–Crippen MR) is 71.7 cm³/mol. The summed E-state index contributed by atoms with van der Waals surface area (Å²) in [5.41, 5.74) is 0.664. The van der Waals surface area contributed by atoms with Gasteiger partial charge in [-0.15, -0.1) is 0 Å². The van der Waals surface area contributed by atoms with Gasteiger partial charge in [-0.05, 0) is 64.1 Å². The average molecular weight is 226 g/mol. The molecule has 2 nitrogen and oxygen atoms in total. The van der Waals surface area contributed by atoms with Crippen molar-refractivity contribution in [3.63, 3.8) is 0 Å². The fourth-order valence-corrected chi connectivity index (χ4v) is 2.91. The summed E-state index contributed by atoms with van der Waals surface area (Å²) in [6.07, 6.45) is 3.94. The van der Waals surface area contributed by atoms with Crippen molar-refractivity contribution in [2.45, 2.75) is 59.4 Å². The Labute approximate surface area is 102 Å². The second-order valence-corrected chi connectivity index (χ2v) is 7.21. The molecule has 0 aromatic rings. The third-order valence-electron chi connectivity index (χ3n) is 3.24. The minimum absolute atomic E-state index is 0.260. The molecular weight excluding hydrogens is 196 g/mol. The van der Waals surface area contributed by atoms with Crippen LogP contribution in [0.5, 0.6) is 0 Å². The van der Waals surface area contributed by atoms with E-state index in [0.717, 1.165) is 12.5 Å². The summed E-state index contributed by atoms with van der Waals surface area (Å²) < 4.78 is 0. The first-order chi connectivity index (χ1) is 7.29. The Balaban J connectivity index is 2.29. The maximum atomic E-state index is 3.75. The number of piperidine rings is 1. The Morgan fingerprint density at radius 3 is 2.38 bits per heavy atom. The molecule has 1 heterocycles. The summed E-state index contributed by atoms with van der Waals surface area (Å²) in [6, 6.07) is 0. The lowest BCUT2D eigenvalue weighted by Gasteiger charge is -2.35. The van der Waals surface area contributed by atoms with Crippen molar-refractivity contribution in [2.75, 3.05) is 19.6 Å². The molecule has 1 unspecified atom stereocenters. The van der Waals surface area contributed by atoms with Crippen molar-refractivity contribution >= 4 is 0 Å². The van der Waals surface area contributed by atoms with Crippen LogP contribution in [0.1, 0.15) is 53.9 Å². The number of hydrogen-bond acceptors (Lipinski definition) is 2. The van der Waals surface area contributed by atoms with Gasteiger partial charge in [-0.2, -0.15) is 0 Å². The van der Waals surface area contributed by atoms with Crippen molar-refractivity contribution in [3.05, 3.63) is 0 Å². The normalized spacial score (nSPS) is 23.4. The SMILES string of the molecule is CC(C)(C)CC(C)(C)NCC1CCCNC1. The Hall–Kier alpha value is -0.0800. The van der Waals surface area contributed by atoms with E-state index in [2.05, 4.69) is 45.3 Å². The van der Waals surface area contributed by atoms with E-state index in [-0.39, 0.29) is 5.54 Å². The Bertz CT molecular complexity index is 197. The summed E-state index contributed by atoms with van der Waals surface area (Å²) in [5.74, 6) is 0.827. The summed E-state index contributed by atoms with van der Waals surface area (Å²) >= 11 is 0. The molecule has 0 saturated carbocycles. The van der Waals surface area contributed by atoms with Gasteiger partial charge in [0.1, 0.15) is 0 Å². The third kappa shape index (κ3) is 5.86. The maximum absolute atomic E-state index is 3.75. The van der Waals surface area contributed by atoms with E-state index in [0.29, 0.717) is 5.41 Å². The average Bonchev–Trinajstić information content (AvgIpc) is 2.13. The standard InChI is InChI=1S/C14H30N2/c1-13(2,3)11-14(4,5)16-10-12-7-6-8-15-9-12/h12,15-16H,6-11H2,1-5H3. The van der Waals surface area contributed by atoms with Gasteiger partial charge in [0, 0.05) is 5.54 Å². The fourth-order valence-electron chi connectivity index (χ4n) is 2.91. The zero-order valence-corrected chi connectivity index (χ0v) is 11.8. The van der Waals surface area contributed by atoms with Gasteiger partial charge in [-0.25, -0.2) is 0 Å². The van der Waals surface area contributed by atoms with Gasteiger partial charge in [0.2, 0.25) is 0 Å². The molecule has 2 N–H and O–H groups in total. The van der Waals surface area contributed by atoms with Crippen molar-refractivity contribution < 1.29 is 0 Å². The lowest BCUT2D eigenvalue weighted by molar-refractivity contribution is 0.224. The quantitative estimate of drug-likeness (QED) is 0.770. The Morgan fingerprint density at radius 2 is 1.88 bits per heavy atom. The van der Waals surface area contributed by atoms with Crippen LogP contribution in [-0.4, -0.2) is 25.2 Å². The van der Waals surface area contributed by atoms with Gasteiger partial charge in [0.05, 0.1) is 0 Å². The highest BCUT2D eigenvalue weighted by Crippen LogP contribution is 2.27. The van der Waals surface area contributed by atoms with Gasteiger partial charge in [-0.1, -0.05) is 20.8 Å². The van der Waals surface area contributed by atoms with Crippen LogP contribution in [0, 0.1) is 11.3 Å². The van der Waals surface area contributed by atoms with Crippen molar-refractivity contribution in [1.29, 1.82) is 0 Å². The molecule has 1 fully saturated rings. The zero-order valence-electron chi connectivity index (χ0n) is 11.8. The highest BCUT2D eigenvalue weighted by atomic mass is 15.0. The monoisotopic (exact) mass is 226 g/mol. The molecule has 0 spiro atoms. The zero-order chi connectivity index (χ0) is 12.2. The molecule has 96 valence electrons. The summed E-state index contributed by atoms with van der Waals surface area (Å²) in [7, 11) is 0. The summed E-state index contributed by atoms with van der Waals surface area (Å²) in [6.45, 7) is 15.2. The Morgan fingerprint density at radius 1 is 1.19 bits per heavy atom. The molecule has 1 rings (SSSR count). The smallest absolute Gasteiger partial charge is 0.0130 e. The molecule has 16 heavy (non-hydrogen) atoms. The first-order valence-electron chi connectivity index (χ1n) is 6.74. The molecule has 1 atom stereocenters. The highest BCUT2D eigenvalue weighted by molar-refractivity contribution is 4.84. The van der Waals surface area contributed by atoms with Gasteiger partial charge >= 0.3 is 0 Å². The van der Waals surface area contributed by atoms with Gasteiger partial charge < -0.3 is 10.6 Å². The van der Waals surface area contributed by atoms with E-state index in [9.17, 15) is 0 Å². The first-order valence-corrected chi connectivity index (χ1v) is 6.74. The number of rotatable bonds is 4. The lowest BCUT2D eigenvalue weighted by Crippen LogP contribution is -2.46. The van der Waals surface area contributed by atoms with E-state index < -0.39 is 0 Å². The van der Waals surface area contributed by atoms with Crippen LogP contribution in [0.25, 0.3) is 0 Å². The highest BCUT2D eigenvalue weighted by Gasteiger charge is 2.26. The minimum Gasteiger partial charge on any atom is -0.316 e. The molecule has 0 radical (unpaired) electrons. The second kappa shape index (κ2) is 5.50. The van der Waals surface area contributed by atoms with Crippen LogP contribution in [0.3, 0.4) is 0 Å². The van der Waals surface area contributed by atoms with Crippen LogP contribution >= 0.6 is 0 Å². The van der Waals surface area contributed by atoms with E-state index in [1.54, 1.807) is 0 Å². The largest absolute Gasteiger partial charge is 0.316 e. The molecule has 1 aliphatic heterocycles. The topological polar surface area (TPSA) is 24.1 Å². The summed E-state index contributed by atoms with van der Waals surface area (Å²) in [4.78, 5) is 0. The van der Waals surface area contributed by atoms with Crippen LogP contribution in [0.4, 0.5) is 0 Å². The molecule has 0 aromatic heterocycles. The molecule has 0 aliphatic carbocycles. The lowest BCUT2D eigenvalue weighted by atomic mass is 9.81. The first kappa shape index (κ1) is 14.0. The third-order valence-corrected chi connectivity index (χ3v) is 3.24. The van der Waals surface area contributed by atoms with Gasteiger partial charge in [0.15, 0.2) is 0 Å². The number of nitrogens with one attached hydrogen (secondary N) is 2. The van der Waals surface area contributed by atoms with Gasteiger partial charge in [0.25, 0.3) is 0 Å². The minimum atomic E-state index is 0.260. The van der Waals surface area contributed by atoms with E-state index in [1.165, 1.54) is 32.4 Å². The van der Waals surface area contributed by atoms with Crippen molar-refractivity contribution in [2.24, 2.45) is 11.3 Å². The molecule has 0 amide bonds. The van der Waals surface area contributed by atoms with E-state index in [4.69, 9.17) is 0 Å². The van der Waals surface area contributed by atoms with Crippen molar-refractivity contribution in [1.82, 2.24) is 10.6 Å². The predicted octanol–water partition coefficient (Wildman–Crippen LogP) is 2.79. The van der Waals surface area contributed by atoms with E-state index in [1.807, 2.05) is 0 Å². The molecule has 1 saturated heterocycles. The molecule has 0 bridgehead atoms. The fraction of sp³-hybridized carbons (Fsp3) is 1.00. The molecule has 0 aromatic carbocycles. The van der Waals surface area contributed by atoms with Crippen LogP contribution in [-0.2, 0) is 0 Å². The molecule has 1 aliphatic rings. The number of hydrogen-bond donors (Lipinski definition) is 2. The van der Waals surface area contributed by atoms with Crippen LogP contribution in [0.15, 0.2) is 0 Å². The van der Waals surface area contributed by atoms with Gasteiger partial charge in [-0.3, -0.25) is 0 Å². The second-order valence-electron chi connectivity index (χ2n) is 7.21.